The molecule has 0 saturated carbocycles. The number of nitriles is 3. The highest BCUT2D eigenvalue weighted by Crippen LogP contribution is 2.25. The minimum absolute atomic E-state index is 0.487. The number of aromatic nitrogens is 3. The molecule has 0 saturated heterocycles. The number of nitrogens with zero attached hydrogens (tertiary/aromatic N) is 6. The van der Waals surface area contributed by atoms with E-state index in [4.69, 9.17) is 15.8 Å². The number of benzene rings is 1. The van der Waals surface area contributed by atoms with E-state index in [9.17, 15) is 28.8 Å². The summed E-state index contributed by atoms with van der Waals surface area (Å²) in [6.45, 7) is -2.07. The molecule has 0 bridgehead atoms. The molecule has 0 fully saturated rings. The maximum Gasteiger partial charge on any atom is 0.263 e. The van der Waals surface area contributed by atoms with Gasteiger partial charge in [-0.15, -0.1) is 0 Å². The van der Waals surface area contributed by atoms with Gasteiger partial charge in [0.1, 0.15) is 19.6 Å². The van der Waals surface area contributed by atoms with Crippen LogP contribution in [0.25, 0.3) is 32.3 Å². The average molecular weight is 402 g/mol. The number of hydrogen-bond acceptors (Lipinski definition) is 9. The first kappa shape index (κ1) is 18.5. The maximum atomic E-state index is 12.8. The van der Waals surface area contributed by atoms with Gasteiger partial charge >= 0.3 is 0 Å². The van der Waals surface area contributed by atoms with E-state index in [-0.39, 0.29) is 0 Å². The summed E-state index contributed by atoms with van der Waals surface area (Å²) in [7, 11) is 0. The van der Waals surface area contributed by atoms with E-state index in [1.165, 1.54) is 0 Å². The van der Waals surface area contributed by atoms with Crippen LogP contribution in [0, 0.1) is 34.0 Å². The Morgan fingerprint density at radius 2 is 0.600 bits per heavy atom. The van der Waals surface area contributed by atoms with E-state index in [0.29, 0.717) is 13.7 Å². The zero-order chi connectivity index (χ0) is 21.9. The molecule has 0 amide bonds. The quantitative estimate of drug-likeness (QED) is 0.359. The molecule has 4 rings (SSSR count). The van der Waals surface area contributed by atoms with E-state index in [1.807, 2.05) is 0 Å². The second-order valence-corrected chi connectivity index (χ2v) is 6.31. The average Bonchev–Trinajstić information content (AvgIpc) is 3.21. The van der Waals surface area contributed by atoms with Crippen LogP contribution >= 0.6 is 0 Å². The van der Waals surface area contributed by atoms with E-state index < -0.39 is 85.3 Å². The van der Waals surface area contributed by atoms with Crippen molar-refractivity contribution in [1.29, 1.82) is 15.8 Å². The fourth-order valence-electron chi connectivity index (χ4n) is 3.76. The van der Waals surface area contributed by atoms with Crippen molar-refractivity contribution in [3.63, 3.8) is 0 Å². The van der Waals surface area contributed by atoms with Gasteiger partial charge in [-0.3, -0.25) is 42.5 Å². The predicted molar refractivity (Wildman–Crippen MR) is 101 cm³/mol. The van der Waals surface area contributed by atoms with Gasteiger partial charge in [0.15, 0.2) is 0 Å². The van der Waals surface area contributed by atoms with Gasteiger partial charge in [0.25, 0.3) is 33.4 Å². The lowest BCUT2D eigenvalue weighted by molar-refractivity contribution is 0.781. The van der Waals surface area contributed by atoms with Gasteiger partial charge in [0, 0.05) is 0 Å². The van der Waals surface area contributed by atoms with Crippen molar-refractivity contribution in [2.75, 3.05) is 0 Å². The SMILES string of the molecule is N#CCn1c(=O)c2c3c(=O)n(CC#N)c(=O)c3c3c(=O)n(CC#N)c(=O)c3c2c1=O. The van der Waals surface area contributed by atoms with Crippen LogP contribution in [0.4, 0.5) is 0 Å². The molecule has 12 nitrogen and oxygen atoms in total. The summed E-state index contributed by atoms with van der Waals surface area (Å²) in [6, 6.07) is 4.84. The van der Waals surface area contributed by atoms with Crippen molar-refractivity contribution in [2.45, 2.75) is 19.6 Å². The largest absolute Gasteiger partial charge is 0.269 e. The molecule has 0 radical (unpaired) electrons. The topological polar surface area (TPSA) is 189 Å². The molecule has 12 heteroatoms. The van der Waals surface area contributed by atoms with Gasteiger partial charge < -0.3 is 0 Å². The highest BCUT2D eigenvalue weighted by Gasteiger charge is 2.30. The fourth-order valence-corrected chi connectivity index (χ4v) is 3.76. The molecule has 1 aromatic carbocycles. The lowest BCUT2D eigenvalue weighted by Crippen LogP contribution is -2.26. The van der Waals surface area contributed by atoms with Crippen LogP contribution in [0.3, 0.4) is 0 Å². The molecule has 144 valence electrons. The molecule has 0 spiro atoms. The predicted octanol–water partition coefficient (Wildman–Crippen LogP) is -2.40. The summed E-state index contributed by atoms with van der Waals surface area (Å²) in [4.78, 5) is 76.9. The first-order valence-corrected chi connectivity index (χ1v) is 8.25. The second-order valence-electron chi connectivity index (χ2n) is 6.31. The Morgan fingerprint density at radius 3 is 0.733 bits per heavy atom. The Hall–Kier alpha value is -4.89. The Balaban J connectivity index is 2.56. The third-order valence-corrected chi connectivity index (χ3v) is 4.94. The lowest BCUT2D eigenvalue weighted by atomic mass is 10.0. The molecule has 0 unspecified atom stereocenters. The van der Waals surface area contributed by atoms with Gasteiger partial charge in [-0.05, 0) is 0 Å². The molecular weight excluding hydrogens is 396 g/mol. The smallest absolute Gasteiger partial charge is 0.263 e. The van der Waals surface area contributed by atoms with Crippen LogP contribution in [0.15, 0.2) is 28.8 Å². The number of fused-ring (bicyclic) bond motifs is 6. The van der Waals surface area contributed by atoms with Gasteiger partial charge in [-0.25, -0.2) is 0 Å². The zero-order valence-corrected chi connectivity index (χ0v) is 14.8. The molecule has 0 atom stereocenters. The van der Waals surface area contributed by atoms with Gasteiger partial charge in [0.05, 0.1) is 50.5 Å². The molecule has 0 N–H and O–H groups in total. The van der Waals surface area contributed by atoms with Crippen molar-refractivity contribution in [3.05, 3.63) is 62.1 Å². The van der Waals surface area contributed by atoms with E-state index in [0.717, 1.165) is 0 Å². The van der Waals surface area contributed by atoms with Gasteiger partial charge in [0.2, 0.25) is 0 Å². The normalized spacial score (nSPS) is 11.1. The van der Waals surface area contributed by atoms with Crippen LogP contribution in [0.5, 0.6) is 0 Å². The molecule has 0 aliphatic carbocycles. The summed E-state index contributed by atoms with van der Waals surface area (Å²) in [5, 5.41) is 23.3. The van der Waals surface area contributed by atoms with Crippen molar-refractivity contribution >= 4 is 32.3 Å². The minimum Gasteiger partial charge on any atom is -0.269 e. The fraction of sp³-hybridized carbons (Fsp3) is 0.167. The van der Waals surface area contributed by atoms with Crippen LogP contribution in [0.2, 0.25) is 0 Å². The summed E-state index contributed by atoms with van der Waals surface area (Å²) in [6.07, 6.45) is 0. The van der Waals surface area contributed by atoms with Gasteiger partial charge in [-0.1, -0.05) is 0 Å². The molecule has 30 heavy (non-hydrogen) atoms. The number of rotatable bonds is 3. The molecule has 0 aliphatic rings. The molecular formula is C18H6N6O6. The van der Waals surface area contributed by atoms with E-state index in [1.54, 1.807) is 18.2 Å². The minimum atomic E-state index is -1.07. The van der Waals surface area contributed by atoms with Crippen molar-refractivity contribution in [1.82, 2.24) is 13.7 Å². The second kappa shape index (κ2) is 6.06. The standard InChI is InChI=1S/C18H6N6O6/c19-1-4-22-13(25)7-8(14(22)26)10-12(18(30)24(6-3-21)16(10)28)11-9(7)15(27)23(5-2-20)17(11)29/h4-6H2. The first-order chi connectivity index (χ1) is 14.3. The van der Waals surface area contributed by atoms with Crippen molar-refractivity contribution in [2.24, 2.45) is 0 Å². The van der Waals surface area contributed by atoms with Gasteiger partial charge in [-0.2, -0.15) is 15.8 Å². The lowest BCUT2D eigenvalue weighted by Gasteiger charge is -1.92. The highest BCUT2D eigenvalue weighted by molar-refractivity contribution is 6.25. The zero-order valence-electron chi connectivity index (χ0n) is 14.8. The molecule has 4 aromatic rings. The summed E-state index contributed by atoms with van der Waals surface area (Å²) in [5.74, 6) is 0. The third kappa shape index (κ3) is 1.95. The monoisotopic (exact) mass is 402 g/mol. The number of hydrogen-bond donors (Lipinski definition) is 0. The van der Waals surface area contributed by atoms with E-state index in [2.05, 4.69) is 0 Å². The Kier molecular flexibility index (Phi) is 3.73. The first-order valence-electron chi connectivity index (χ1n) is 8.25. The van der Waals surface area contributed by atoms with Crippen molar-refractivity contribution < 1.29 is 0 Å². The summed E-state index contributed by atoms with van der Waals surface area (Å²) < 4.78 is 1.46. The van der Waals surface area contributed by atoms with Crippen LogP contribution in [0.1, 0.15) is 0 Å². The Morgan fingerprint density at radius 1 is 0.433 bits per heavy atom. The molecule has 3 aromatic heterocycles. The van der Waals surface area contributed by atoms with E-state index >= 15 is 0 Å². The van der Waals surface area contributed by atoms with Crippen LogP contribution in [-0.2, 0) is 19.6 Å². The Bertz CT molecular complexity index is 1520. The highest BCUT2D eigenvalue weighted by atomic mass is 16.2. The molecule has 0 aliphatic heterocycles. The summed E-state index contributed by atoms with van der Waals surface area (Å²) in [5.41, 5.74) is -6.45. The summed E-state index contributed by atoms with van der Waals surface area (Å²) >= 11 is 0. The Labute approximate surface area is 162 Å². The van der Waals surface area contributed by atoms with Crippen LogP contribution < -0.4 is 33.4 Å². The molecule has 3 heterocycles. The third-order valence-electron chi connectivity index (χ3n) is 4.94. The van der Waals surface area contributed by atoms with Crippen molar-refractivity contribution in [3.8, 4) is 18.2 Å². The maximum absolute atomic E-state index is 12.8. The van der Waals surface area contributed by atoms with Crippen LogP contribution in [-0.4, -0.2) is 13.7 Å².